The van der Waals surface area contributed by atoms with E-state index in [0.717, 1.165) is 0 Å². The Labute approximate surface area is 152 Å². The second-order valence-electron chi connectivity index (χ2n) is 7.17. The lowest BCUT2D eigenvalue weighted by Crippen LogP contribution is -2.60. The number of carbonyl (C=O) groups excluding carboxylic acids is 2. The van der Waals surface area contributed by atoms with Gasteiger partial charge < -0.3 is 26.0 Å². The summed E-state index contributed by atoms with van der Waals surface area (Å²) in [5, 5.41) is 9.55. The van der Waals surface area contributed by atoms with Gasteiger partial charge in [0, 0.05) is 0 Å². The van der Waals surface area contributed by atoms with Crippen LogP contribution in [0.1, 0.15) is 33.3 Å². The molecule has 1 aromatic carbocycles. The van der Waals surface area contributed by atoms with E-state index in [2.05, 4.69) is 0 Å². The number of nitrogens with two attached hydrogens (primary N) is 2. The molecule has 0 spiro atoms. The Kier molecular flexibility index (Phi) is 6.88. The zero-order chi connectivity index (χ0) is 20.1. The van der Waals surface area contributed by atoms with Gasteiger partial charge in [-0.05, 0) is 33.3 Å². The minimum absolute atomic E-state index is 0.145. The van der Waals surface area contributed by atoms with Crippen molar-refractivity contribution in [3.05, 3.63) is 35.9 Å². The largest absolute Gasteiger partial charge is 0.481 e. The Morgan fingerprint density at radius 2 is 1.62 bits per heavy atom. The summed E-state index contributed by atoms with van der Waals surface area (Å²) in [7, 11) is 0. The molecule has 26 heavy (non-hydrogen) atoms. The van der Waals surface area contributed by atoms with Gasteiger partial charge in [0.2, 0.25) is 0 Å². The van der Waals surface area contributed by atoms with Gasteiger partial charge in [0.1, 0.15) is 17.6 Å². The molecule has 2 unspecified atom stereocenters. The highest BCUT2D eigenvalue weighted by molar-refractivity contribution is 6.00. The van der Waals surface area contributed by atoms with Crippen molar-refractivity contribution in [2.75, 3.05) is 0 Å². The molecule has 0 saturated heterocycles. The van der Waals surface area contributed by atoms with E-state index in [9.17, 15) is 19.5 Å². The van der Waals surface area contributed by atoms with Gasteiger partial charge in [-0.2, -0.15) is 0 Å². The fourth-order valence-electron chi connectivity index (χ4n) is 2.25. The summed E-state index contributed by atoms with van der Waals surface area (Å²) in [6.45, 7) is 5.87. The number of aliphatic carboxylic acids is 1. The van der Waals surface area contributed by atoms with Crippen LogP contribution in [-0.4, -0.2) is 34.8 Å². The van der Waals surface area contributed by atoms with Crippen LogP contribution in [0.2, 0.25) is 0 Å². The summed E-state index contributed by atoms with van der Waals surface area (Å²) in [5.74, 6) is -5.59. The molecule has 0 heterocycles. The summed E-state index contributed by atoms with van der Waals surface area (Å²) < 4.78 is 10.3. The van der Waals surface area contributed by atoms with Crippen molar-refractivity contribution in [1.29, 1.82) is 0 Å². The highest BCUT2D eigenvalue weighted by Crippen LogP contribution is 2.34. The molecule has 1 aromatic rings. The molecule has 8 nitrogen and oxygen atoms in total. The highest BCUT2D eigenvalue weighted by atomic mass is 16.6. The summed E-state index contributed by atoms with van der Waals surface area (Å²) in [6, 6.07) is 8.71. The first-order chi connectivity index (χ1) is 11.9. The zero-order valence-electron chi connectivity index (χ0n) is 15.4. The quantitative estimate of drug-likeness (QED) is 0.369. The van der Waals surface area contributed by atoms with Gasteiger partial charge in [-0.15, -0.1) is 0 Å². The number of hydrogen-bond donors (Lipinski definition) is 3. The first-order valence-corrected chi connectivity index (χ1v) is 8.07. The maximum atomic E-state index is 12.6. The maximum absolute atomic E-state index is 12.6. The molecular formula is C18H26N2O6. The predicted molar refractivity (Wildman–Crippen MR) is 93.5 cm³/mol. The summed E-state index contributed by atoms with van der Waals surface area (Å²) in [6.07, 6.45) is -1.46. The third-order valence-electron chi connectivity index (χ3n) is 3.84. The Bertz CT molecular complexity index is 653. The van der Waals surface area contributed by atoms with E-state index in [1.54, 1.807) is 51.1 Å². The van der Waals surface area contributed by atoms with Crippen molar-refractivity contribution < 1.29 is 29.0 Å². The number of hydrogen-bond acceptors (Lipinski definition) is 7. The molecule has 0 saturated carbocycles. The lowest BCUT2D eigenvalue weighted by atomic mass is 9.74. The molecule has 0 aliphatic heterocycles. The standard InChI is InChI=1S/C18H26N2O6/c1-17(2,3)26-16(24)18(4,15(19)20)12(13(21)22)14(23)25-10-11-8-6-5-7-9-11/h5-9,12,15H,10,19-20H2,1-4H3,(H,21,22). The lowest BCUT2D eigenvalue weighted by molar-refractivity contribution is -0.185. The van der Waals surface area contributed by atoms with Gasteiger partial charge in [0.15, 0.2) is 5.92 Å². The zero-order valence-corrected chi connectivity index (χ0v) is 15.4. The molecule has 1 rings (SSSR count). The van der Waals surface area contributed by atoms with Crippen molar-refractivity contribution in [1.82, 2.24) is 0 Å². The van der Waals surface area contributed by atoms with Gasteiger partial charge in [-0.25, -0.2) is 0 Å². The fraction of sp³-hybridized carbons (Fsp3) is 0.500. The normalized spacial score (nSPS) is 15.0. The molecule has 0 aromatic heterocycles. The van der Waals surface area contributed by atoms with E-state index in [1.165, 1.54) is 6.92 Å². The van der Waals surface area contributed by atoms with Crippen LogP contribution in [-0.2, 0) is 30.5 Å². The van der Waals surface area contributed by atoms with Crippen LogP contribution in [0.25, 0.3) is 0 Å². The van der Waals surface area contributed by atoms with Gasteiger partial charge in [0.05, 0.1) is 6.17 Å². The van der Waals surface area contributed by atoms with Crippen molar-refractivity contribution in [3.8, 4) is 0 Å². The van der Waals surface area contributed by atoms with Crippen LogP contribution in [0.15, 0.2) is 30.3 Å². The smallest absolute Gasteiger partial charge is 0.321 e. The number of benzene rings is 1. The van der Waals surface area contributed by atoms with E-state index < -0.39 is 41.0 Å². The van der Waals surface area contributed by atoms with Crippen LogP contribution in [0.5, 0.6) is 0 Å². The molecular weight excluding hydrogens is 340 g/mol. The van der Waals surface area contributed by atoms with E-state index in [0.29, 0.717) is 5.56 Å². The molecule has 0 aliphatic rings. The van der Waals surface area contributed by atoms with Crippen molar-refractivity contribution in [2.24, 2.45) is 22.8 Å². The molecule has 0 amide bonds. The Morgan fingerprint density at radius 3 is 2.04 bits per heavy atom. The van der Waals surface area contributed by atoms with Crippen LogP contribution in [0.4, 0.5) is 0 Å². The highest BCUT2D eigenvalue weighted by Gasteiger charge is 2.55. The number of carboxylic acids is 1. The molecule has 2 atom stereocenters. The molecule has 0 aliphatic carbocycles. The minimum atomic E-state index is -2.01. The van der Waals surface area contributed by atoms with Crippen LogP contribution in [0, 0.1) is 11.3 Å². The van der Waals surface area contributed by atoms with Gasteiger partial charge in [-0.1, -0.05) is 30.3 Å². The summed E-state index contributed by atoms with van der Waals surface area (Å²) >= 11 is 0. The van der Waals surface area contributed by atoms with Gasteiger partial charge >= 0.3 is 17.9 Å². The number of ether oxygens (including phenoxy) is 2. The minimum Gasteiger partial charge on any atom is -0.481 e. The topological polar surface area (TPSA) is 142 Å². The number of esters is 2. The Morgan fingerprint density at radius 1 is 1.08 bits per heavy atom. The number of carboxylic acid groups (broad SMARTS) is 1. The second-order valence-corrected chi connectivity index (χ2v) is 7.17. The van der Waals surface area contributed by atoms with Crippen molar-refractivity contribution in [3.63, 3.8) is 0 Å². The molecule has 8 heteroatoms. The third-order valence-corrected chi connectivity index (χ3v) is 3.84. The predicted octanol–water partition coefficient (Wildman–Crippen LogP) is 1.02. The van der Waals surface area contributed by atoms with E-state index in [1.807, 2.05) is 0 Å². The van der Waals surface area contributed by atoms with Crippen molar-refractivity contribution >= 4 is 17.9 Å². The average molecular weight is 366 g/mol. The fourth-order valence-corrected chi connectivity index (χ4v) is 2.25. The molecule has 0 fully saturated rings. The second kappa shape index (κ2) is 8.29. The van der Waals surface area contributed by atoms with E-state index in [-0.39, 0.29) is 6.61 Å². The molecule has 0 radical (unpaired) electrons. The SMILES string of the molecule is CC(C)(C)OC(=O)C(C)(C(N)N)C(C(=O)O)C(=O)OCc1ccccc1. The summed E-state index contributed by atoms with van der Waals surface area (Å²) in [5.41, 5.74) is 9.11. The number of carbonyl (C=O) groups is 3. The third kappa shape index (κ3) is 5.27. The van der Waals surface area contributed by atoms with E-state index in [4.69, 9.17) is 20.9 Å². The molecule has 5 N–H and O–H groups in total. The average Bonchev–Trinajstić information content (AvgIpc) is 2.51. The van der Waals surface area contributed by atoms with Gasteiger partial charge in [0.25, 0.3) is 0 Å². The first kappa shape index (κ1) is 21.6. The molecule has 0 bridgehead atoms. The Hall–Kier alpha value is -2.45. The van der Waals surface area contributed by atoms with Crippen LogP contribution in [0.3, 0.4) is 0 Å². The summed E-state index contributed by atoms with van der Waals surface area (Å²) in [4.78, 5) is 36.8. The maximum Gasteiger partial charge on any atom is 0.321 e. The van der Waals surface area contributed by atoms with Gasteiger partial charge in [-0.3, -0.25) is 14.4 Å². The Balaban J connectivity index is 3.10. The number of rotatable bonds is 7. The monoisotopic (exact) mass is 366 g/mol. The van der Waals surface area contributed by atoms with E-state index >= 15 is 0 Å². The molecule has 144 valence electrons. The lowest BCUT2D eigenvalue weighted by Gasteiger charge is -2.36. The van der Waals surface area contributed by atoms with Crippen LogP contribution < -0.4 is 11.5 Å². The van der Waals surface area contributed by atoms with Crippen LogP contribution >= 0.6 is 0 Å². The first-order valence-electron chi connectivity index (χ1n) is 8.07. The van der Waals surface area contributed by atoms with Crippen molar-refractivity contribution in [2.45, 2.75) is 46.1 Å².